The molecule has 1 aliphatic carbocycles. The highest BCUT2D eigenvalue weighted by atomic mass is 35.5. The summed E-state index contributed by atoms with van der Waals surface area (Å²) in [6.45, 7) is 2.85. The van der Waals surface area contributed by atoms with Gasteiger partial charge in [0, 0.05) is 71.2 Å². The van der Waals surface area contributed by atoms with Crippen LogP contribution in [-0.4, -0.2) is 68.7 Å². The summed E-state index contributed by atoms with van der Waals surface area (Å²) in [5, 5.41) is 7.63. The second-order valence-electron chi connectivity index (χ2n) is 9.17. The van der Waals surface area contributed by atoms with Crippen LogP contribution in [0.3, 0.4) is 0 Å². The van der Waals surface area contributed by atoms with Crippen molar-refractivity contribution >= 4 is 23.2 Å². The summed E-state index contributed by atoms with van der Waals surface area (Å²) in [4.78, 5) is 9.29. The quantitative estimate of drug-likeness (QED) is 0.287. The molecule has 0 radical (unpaired) electrons. The van der Waals surface area contributed by atoms with Crippen molar-refractivity contribution in [3.63, 3.8) is 0 Å². The third kappa shape index (κ3) is 8.81. The molecule has 10 heteroatoms. The van der Waals surface area contributed by atoms with E-state index in [1.165, 1.54) is 44.8 Å². The number of hydrogen-bond donors (Lipinski definition) is 3. The van der Waals surface area contributed by atoms with Gasteiger partial charge >= 0.3 is 0 Å². The van der Waals surface area contributed by atoms with Gasteiger partial charge in [-0.1, -0.05) is 36.9 Å². The van der Waals surface area contributed by atoms with Crippen LogP contribution in [0, 0.1) is 0 Å². The Morgan fingerprint density at radius 3 is 2.58 bits per heavy atom. The van der Waals surface area contributed by atoms with E-state index in [-0.39, 0.29) is 12.1 Å². The molecule has 0 bridgehead atoms. The van der Waals surface area contributed by atoms with Crippen molar-refractivity contribution in [2.75, 3.05) is 57.8 Å². The second-order valence-corrected chi connectivity index (χ2v) is 9.57. The zero-order chi connectivity index (χ0) is 25.6. The van der Waals surface area contributed by atoms with Gasteiger partial charge in [0.1, 0.15) is 11.6 Å². The standard InChI is InChI=1S/C23H31ClN4O2.C3H8FNO/c1-29-23(10-12-30-13-11-23)16-26-21-9-5-8-20(28-21)18-14-22(25-15-19(18)24)27-17-6-3-2-4-7-17;1-6-3-2-5-4/h5,8-9,14-15,17H,2-4,6-7,10-13,16H2,1H3,(H,25,27)(H,26,28);5H,2-3H2,1H3. The number of nitrogens with zero attached hydrogens (tertiary/aromatic N) is 2. The highest BCUT2D eigenvalue weighted by molar-refractivity contribution is 6.33. The van der Waals surface area contributed by atoms with E-state index in [9.17, 15) is 4.48 Å². The van der Waals surface area contributed by atoms with Crippen molar-refractivity contribution in [3.05, 3.63) is 35.5 Å². The number of nitrogens with one attached hydrogen (secondary N) is 3. The topological polar surface area (TPSA) is 89.6 Å². The summed E-state index contributed by atoms with van der Waals surface area (Å²) >= 11 is 6.48. The van der Waals surface area contributed by atoms with E-state index in [4.69, 9.17) is 26.1 Å². The van der Waals surface area contributed by atoms with Crippen LogP contribution in [0.5, 0.6) is 0 Å². The van der Waals surface area contributed by atoms with Crippen LogP contribution in [0.25, 0.3) is 11.3 Å². The molecule has 1 saturated carbocycles. The van der Waals surface area contributed by atoms with Gasteiger partial charge in [0.15, 0.2) is 0 Å². The van der Waals surface area contributed by atoms with Crippen LogP contribution in [0.2, 0.25) is 5.02 Å². The Labute approximate surface area is 218 Å². The molecule has 1 aliphatic heterocycles. The van der Waals surface area contributed by atoms with Crippen molar-refractivity contribution in [3.8, 4) is 11.3 Å². The Morgan fingerprint density at radius 1 is 1.14 bits per heavy atom. The number of ether oxygens (including phenoxy) is 3. The fourth-order valence-corrected chi connectivity index (χ4v) is 4.64. The summed E-state index contributed by atoms with van der Waals surface area (Å²) in [6.07, 6.45) is 9.76. The Kier molecular flexibility index (Phi) is 12.1. The van der Waals surface area contributed by atoms with E-state index >= 15 is 0 Å². The van der Waals surface area contributed by atoms with Gasteiger partial charge in [-0.25, -0.2) is 9.97 Å². The fraction of sp³-hybridized carbons (Fsp3) is 0.615. The summed E-state index contributed by atoms with van der Waals surface area (Å²) in [5.41, 5.74) is 2.96. The Morgan fingerprint density at radius 2 is 1.92 bits per heavy atom. The molecule has 0 amide bonds. The van der Waals surface area contributed by atoms with E-state index in [0.717, 1.165) is 48.9 Å². The lowest BCUT2D eigenvalue weighted by atomic mass is 9.94. The highest BCUT2D eigenvalue weighted by Gasteiger charge is 2.32. The molecule has 1 saturated heterocycles. The molecule has 36 heavy (non-hydrogen) atoms. The highest BCUT2D eigenvalue weighted by Crippen LogP contribution is 2.31. The van der Waals surface area contributed by atoms with Gasteiger partial charge in [-0.2, -0.15) is 5.54 Å². The Balaban J connectivity index is 0.000000538. The number of hydrogen-bond acceptors (Lipinski definition) is 8. The first-order chi connectivity index (χ1) is 17.6. The molecule has 0 unspecified atom stereocenters. The average molecular weight is 524 g/mol. The van der Waals surface area contributed by atoms with Gasteiger partial charge in [0.2, 0.25) is 0 Å². The average Bonchev–Trinajstić information content (AvgIpc) is 2.93. The summed E-state index contributed by atoms with van der Waals surface area (Å²) in [7, 11) is 3.30. The minimum Gasteiger partial charge on any atom is -0.383 e. The second kappa shape index (κ2) is 15.3. The van der Waals surface area contributed by atoms with Crippen molar-refractivity contribution in [2.24, 2.45) is 0 Å². The van der Waals surface area contributed by atoms with Gasteiger partial charge < -0.3 is 24.8 Å². The fourth-order valence-electron chi connectivity index (χ4n) is 4.44. The molecule has 0 spiro atoms. The lowest BCUT2D eigenvalue weighted by Gasteiger charge is -2.36. The number of rotatable bonds is 10. The molecule has 8 nitrogen and oxygen atoms in total. The Hall–Kier alpha value is -2.04. The van der Waals surface area contributed by atoms with Crippen LogP contribution in [0.1, 0.15) is 44.9 Å². The molecule has 2 aliphatic rings. The van der Waals surface area contributed by atoms with E-state index in [1.54, 1.807) is 13.3 Å². The van der Waals surface area contributed by atoms with Crippen LogP contribution in [0.15, 0.2) is 30.5 Å². The van der Waals surface area contributed by atoms with Crippen molar-refractivity contribution in [1.82, 2.24) is 15.5 Å². The van der Waals surface area contributed by atoms with Crippen molar-refractivity contribution in [2.45, 2.75) is 56.6 Å². The molecule has 0 atom stereocenters. The zero-order valence-corrected chi connectivity index (χ0v) is 22.1. The summed E-state index contributed by atoms with van der Waals surface area (Å²) < 4.78 is 26.6. The lowest BCUT2D eigenvalue weighted by Crippen LogP contribution is -2.44. The first-order valence-electron chi connectivity index (χ1n) is 12.7. The minimum absolute atomic E-state index is 0.207. The number of anilines is 2. The minimum atomic E-state index is -0.207. The SMILES string of the molecule is COC1(CNc2cccc(-c3cc(NC4CCCCC4)ncc3Cl)n2)CCOCC1.COCCNF. The zero-order valence-electron chi connectivity index (χ0n) is 21.3. The third-order valence-corrected chi connectivity index (χ3v) is 6.97. The molecule has 2 fully saturated rings. The molecule has 0 aromatic carbocycles. The summed E-state index contributed by atoms with van der Waals surface area (Å²) in [5.74, 6) is 1.67. The largest absolute Gasteiger partial charge is 0.383 e. The van der Waals surface area contributed by atoms with Gasteiger partial charge in [0.25, 0.3) is 0 Å². The van der Waals surface area contributed by atoms with Crippen LogP contribution in [-0.2, 0) is 14.2 Å². The molecule has 3 heterocycles. The predicted molar refractivity (Wildman–Crippen MR) is 142 cm³/mol. The predicted octanol–water partition coefficient (Wildman–Crippen LogP) is 5.26. The van der Waals surface area contributed by atoms with Gasteiger partial charge in [-0.3, -0.25) is 0 Å². The van der Waals surface area contributed by atoms with E-state index in [0.29, 0.717) is 24.2 Å². The smallest absolute Gasteiger partial charge is 0.126 e. The number of halogens is 2. The maximum Gasteiger partial charge on any atom is 0.126 e. The first-order valence-corrected chi connectivity index (χ1v) is 13.1. The van der Waals surface area contributed by atoms with Gasteiger partial charge in [-0.15, -0.1) is 4.48 Å². The van der Waals surface area contributed by atoms with E-state index in [1.807, 2.05) is 24.3 Å². The molecule has 4 rings (SSSR count). The number of pyridine rings is 2. The van der Waals surface area contributed by atoms with E-state index < -0.39 is 0 Å². The first kappa shape index (κ1) is 28.5. The number of aromatic nitrogens is 2. The van der Waals surface area contributed by atoms with Crippen molar-refractivity contribution < 1.29 is 18.7 Å². The van der Waals surface area contributed by atoms with Crippen LogP contribution < -0.4 is 16.2 Å². The maximum absolute atomic E-state index is 10.9. The maximum atomic E-state index is 10.9. The van der Waals surface area contributed by atoms with Crippen LogP contribution in [0.4, 0.5) is 16.1 Å². The molecular weight excluding hydrogens is 485 g/mol. The van der Waals surface area contributed by atoms with E-state index in [2.05, 4.69) is 20.4 Å². The third-order valence-electron chi connectivity index (χ3n) is 6.67. The monoisotopic (exact) mass is 523 g/mol. The lowest BCUT2D eigenvalue weighted by molar-refractivity contribution is -0.0807. The Bertz CT molecular complexity index is 907. The van der Waals surface area contributed by atoms with Gasteiger partial charge in [0.05, 0.1) is 22.9 Å². The molecule has 200 valence electrons. The van der Waals surface area contributed by atoms with Gasteiger partial charge in [-0.05, 0) is 31.0 Å². The summed E-state index contributed by atoms with van der Waals surface area (Å²) in [6, 6.07) is 8.46. The molecule has 3 N–H and O–H groups in total. The normalized spacial score (nSPS) is 17.7. The van der Waals surface area contributed by atoms with Crippen LogP contribution >= 0.6 is 11.6 Å². The molecule has 2 aromatic heterocycles. The number of methoxy groups -OCH3 is 2. The molecule has 2 aromatic rings. The van der Waals surface area contributed by atoms with Crippen molar-refractivity contribution in [1.29, 1.82) is 0 Å². The molecular formula is C26H39ClFN5O3.